The van der Waals surface area contributed by atoms with Crippen molar-refractivity contribution in [2.24, 2.45) is 17.6 Å². The van der Waals surface area contributed by atoms with Crippen LogP contribution in [0.2, 0.25) is 0 Å². The van der Waals surface area contributed by atoms with Gasteiger partial charge in [0, 0.05) is 6.04 Å². The first-order chi connectivity index (χ1) is 7.38. The van der Waals surface area contributed by atoms with Crippen LogP contribution >= 0.6 is 0 Å². The maximum atomic E-state index is 6.32. The van der Waals surface area contributed by atoms with E-state index in [1.807, 2.05) is 0 Å². The minimum absolute atomic E-state index is 0.437. The van der Waals surface area contributed by atoms with Gasteiger partial charge in [0.25, 0.3) is 0 Å². The average molecular weight is 205 g/mol. The molecule has 3 unspecified atom stereocenters. The Labute approximate surface area is 93.4 Å². The van der Waals surface area contributed by atoms with Crippen LogP contribution in [0.1, 0.15) is 44.9 Å². The highest BCUT2D eigenvalue weighted by Gasteiger charge is 2.26. The summed E-state index contributed by atoms with van der Waals surface area (Å²) in [5, 5.41) is 0. The van der Waals surface area contributed by atoms with Crippen LogP contribution in [0.25, 0.3) is 0 Å². The summed E-state index contributed by atoms with van der Waals surface area (Å²) in [7, 11) is 0. The Morgan fingerprint density at radius 3 is 2.73 bits per heavy atom. The lowest BCUT2D eigenvalue weighted by Gasteiger charge is -2.32. The van der Waals surface area contributed by atoms with Crippen LogP contribution in [0.4, 0.5) is 0 Å². The quantitative estimate of drug-likeness (QED) is 0.644. The highest BCUT2D eigenvalue weighted by molar-refractivity contribution is 5.08. The first-order valence-electron chi connectivity index (χ1n) is 6.47. The van der Waals surface area contributed by atoms with E-state index in [2.05, 4.69) is 24.3 Å². The molecule has 84 valence electrons. The van der Waals surface area contributed by atoms with Gasteiger partial charge in [0.15, 0.2) is 0 Å². The molecule has 0 aromatic rings. The van der Waals surface area contributed by atoms with E-state index in [9.17, 15) is 0 Å². The van der Waals surface area contributed by atoms with Crippen molar-refractivity contribution >= 4 is 0 Å². The average Bonchev–Trinajstić information content (AvgIpc) is 2.18. The van der Waals surface area contributed by atoms with Crippen LogP contribution in [0.3, 0.4) is 0 Å². The Balaban J connectivity index is 2.09. The first-order valence-corrected chi connectivity index (χ1v) is 6.47. The molecule has 1 nitrogen and oxygen atoms in total. The van der Waals surface area contributed by atoms with Crippen LogP contribution in [-0.2, 0) is 0 Å². The van der Waals surface area contributed by atoms with Gasteiger partial charge in [-0.2, -0.15) is 0 Å². The van der Waals surface area contributed by atoms with Gasteiger partial charge in [0.1, 0.15) is 0 Å². The number of hydrogen-bond donors (Lipinski definition) is 1. The van der Waals surface area contributed by atoms with Crippen LogP contribution in [-0.4, -0.2) is 6.04 Å². The Hall–Kier alpha value is -0.560. The highest BCUT2D eigenvalue weighted by Crippen LogP contribution is 2.32. The summed E-state index contributed by atoms with van der Waals surface area (Å²) in [6, 6.07) is 0.437. The molecular formula is C14H23N. The smallest absolute Gasteiger partial charge is 0.00728 e. The molecule has 0 spiro atoms. The first kappa shape index (κ1) is 10.9. The van der Waals surface area contributed by atoms with Crippen molar-refractivity contribution in [1.29, 1.82) is 0 Å². The maximum absolute atomic E-state index is 6.32. The van der Waals surface area contributed by atoms with Crippen molar-refractivity contribution in [3.8, 4) is 0 Å². The Morgan fingerprint density at radius 1 is 0.933 bits per heavy atom. The summed E-state index contributed by atoms with van der Waals surface area (Å²) >= 11 is 0. The Morgan fingerprint density at radius 2 is 1.80 bits per heavy atom. The predicted molar refractivity (Wildman–Crippen MR) is 65.6 cm³/mol. The van der Waals surface area contributed by atoms with Crippen molar-refractivity contribution in [3.63, 3.8) is 0 Å². The van der Waals surface area contributed by atoms with Crippen molar-refractivity contribution in [3.05, 3.63) is 24.3 Å². The lowest BCUT2D eigenvalue weighted by atomic mass is 9.76. The largest absolute Gasteiger partial charge is 0.327 e. The minimum Gasteiger partial charge on any atom is -0.327 e. The van der Waals surface area contributed by atoms with Gasteiger partial charge >= 0.3 is 0 Å². The Kier molecular flexibility index (Phi) is 4.01. The van der Waals surface area contributed by atoms with E-state index in [1.54, 1.807) is 0 Å². The highest BCUT2D eigenvalue weighted by atomic mass is 14.7. The summed E-state index contributed by atoms with van der Waals surface area (Å²) in [4.78, 5) is 0. The number of nitrogens with two attached hydrogens (primary N) is 1. The van der Waals surface area contributed by atoms with Crippen LogP contribution in [0, 0.1) is 11.8 Å². The molecule has 2 aliphatic rings. The zero-order valence-electron chi connectivity index (χ0n) is 9.57. The SMILES string of the molecule is NC1CCCCCC2C=C/C=C\CCC12. The summed E-state index contributed by atoms with van der Waals surface area (Å²) in [5.41, 5.74) is 6.32. The molecule has 0 aliphatic heterocycles. The molecule has 0 radical (unpaired) electrons. The molecule has 1 saturated carbocycles. The fourth-order valence-electron chi connectivity index (χ4n) is 3.02. The van der Waals surface area contributed by atoms with Gasteiger partial charge in [0.2, 0.25) is 0 Å². The molecule has 0 aromatic heterocycles. The lowest BCUT2D eigenvalue weighted by molar-refractivity contribution is 0.256. The number of hydrogen-bond acceptors (Lipinski definition) is 1. The van der Waals surface area contributed by atoms with Crippen molar-refractivity contribution in [2.45, 2.75) is 51.0 Å². The minimum atomic E-state index is 0.437. The summed E-state index contributed by atoms with van der Waals surface area (Å²) in [6.45, 7) is 0. The fourth-order valence-corrected chi connectivity index (χ4v) is 3.02. The molecule has 2 N–H and O–H groups in total. The Bertz CT molecular complexity index is 242. The zero-order chi connectivity index (χ0) is 10.5. The van der Waals surface area contributed by atoms with Crippen LogP contribution < -0.4 is 5.73 Å². The number of rotatable bonds is 0. The van der Waals surface area contributed by atoms with Gasteiger partial charge < -0.3 is 5.73 Å². The summed E-state index contributed by atoms with van der Waals surface area (Å²) in [5.74, 6) is 1.47. The third kappa shape index (κ3) is 2.94. The number of fused-ring (bicyclic) bond motifs is 1. The molecule has 15 heavy (non-hydrogen) atoms. The summed E-state index contributed by atoms with van der Waals surface area (Å²) < 4.78 is 0. The van der Waals surface area contributed by atoms with Gasteiger partial charge in [0.05, 0.1) is 0 Å². The molecule has 2 aliphatic carbocycles. The normalized spacial score (nSPS) is 39.4. The standard InChI is InChI=1S/C14H23N/c15-14-11-7-3-5-9-12-8-4-1-2-6-10-13(12)14/h1-2,4,8,12-14H,3,5-7,9-11,15H2/b2-1-,8-4?. The molecule has 1 heteroatoms. The molecule has 0 amide bonds. The second kappa shape index (κ2) is 5.50. The number of allylic oxidation sites excluding steroid dienone is 4. The fraction of sp³-hybridized carbons (Fsp3) is 0.714. The molecule has 3 atom stereocenters. The maximum Gasteiger partial charge on any atom is 0.00728 e. The molecule has 0 heterocycles. The topological polar surface area (TPSA) is 26.0 Å². The van der Waals surface area contributed by atoms with Gasteiger partial charge in [-0.1, -0.05) is 43.6 Å². The van der Waals surface area contributed by atoms with E-state index < -0.39 is 0 Å². The van der Waals surface area contributed by atoms with Crippen LogP contribution in [0.15, 0.2) is 24.3 Å². The van der Waals surface area contributed by atoms with Crippen LogP contribution in [0.5, 0.6) is 0 Å². The van der Waals surface area contributed by atoms with E-state index >= 15 is 0 Å². The molecule has 0 saturated heterocycles. The van der Waals surface area contributed by atoms with E-state index in [4.69, 9.17) is 5.73 Å². The monoisotopic (exact) mass is 205 g/mol. The van der Waals surface area contributed by atoms with E-state index in [1.165, 1.54) is 44.9 Å². The van der Waals surface area contributed by atoms with E-state index in [0.29, 0.717) is 6.04 Å². The van der Waals surface area contributed by atoms with E-state index in [0.717, 1.165) is 11.8 Å². The van der Waals surface area contributed by atoms with E-state index in [-0.39, 0.29) is 0 Å². The zero-order valence-corrected chi connectivity index (χ0v) is 9.57. The third-order valence-electron chi connectivity index (χ3n) is 3.95. The van der Waals surface area contributed by atoms with Gasteiger partial charge in [-0.05, 0) is 37.5 Å². The second-order valence-electron chi connectivity index (χ2n) is 5.02. The van der Waals surface area contributed by atoms with Gasteiger partial charge in [-0.15, -0.1) is 0 Å². The van der Waals surface area contributed by atoms with Gasteiger partial charge in [-0.3, -0.25) is 0 Å². The van der Waals surface area contributed by atoms with Crippen molar-refractivity contribution in [1.82, 2.24) is 0 Å². The van der Waals surface area contributed by atoms with Gasteiger partial charge in [-0.25, -0.2) is 0 Å². The molecule has 0 aromatic carbocycles. The third-order valence-corrected chi connectivity index (χ3v) is 3.95. The summed E-state index contributed by atoms with van der Waals surface area (Å²) in [6.07, 6.45) is 18.3. The molecule has 2 rings (SSSR count). The molecule has 0 bridgehead atoms. The van der Waals surface area contributed by atoms with Crippen molar-refractivity contribution in [2.75, 3.05) is 0 Å². The van der Waals surface area contributed by atoms with Crippen molar-refractivity contribution < 1.29 is 0 Å². The molecule has 1 fully saturated rings. The lowest BCUT2D eigenvalue weighted by Crippen LogP contribution is -2.35. The second-order valence-corrected chi connectivity index (χ2v) is 5.02. The predicted octanol–water partition coefficient (Wildman–Crippen LogP) is 3.42. The molecular weight excluding hydrogens is 182 g/mol.